The summed E-state index contributed by atoms with van der Waals surface area (Å²) in [5.41, 5.74) is 0.902. The zero-order valence-electron chi connectivity index (χ0n) is 7.04. The quantitative estimate of drug-likeness (QED) is 0.879. The fourth-order valence-electron chi connectivity index (χ4n) is 1.00. The predicted molar refractivity (Wildman–Crippen MR) is 51.2 cm³/mol. The number of halogens is 1. The van der Waals surface area contributed by atoms with Crippen molar-refractivity contribution in [2.75, 3.05) is 0 Å². The number of hydrogen-bond acceptors (Lipinski definition) is 3. The molecule has 13 heavy (non-hydrogen) atoms. The summed E-state index contributed by atoms with van der Waals surface area (Å²) < 4.78 is 6.27. The lowest BCUT2D eigenvalue weighted by Gasteiger charge is -1.84. The zero-order chi connectivity index (χ0) is 9.26. The Kier molecular flexibility index (Phi) is 2.18. The van der Waals surface area contributed by atoms with Crippen LogP contribution in [0.25, 0.3) is 11.5 Å². The van der Waals surface area contributed by atoms with Crippen LogP contribution in [0, 0.1) is 0 Å². The molecule has 0 spiro atoms. The highest BCUT2D eigenvalue weighted by atomic mass is 79.9. The van der Waals surface area contributed by atoms with Crippen molar-refractivity contribution in [3.8, 4) is 11.5 Å². The van der Waals surface area contributed by atoms with Crippen molar-refractivity contribution < 1.29 is 4.42 Å². The number of nitrogens with one attached hydrogen (secondary N) is 1. The molecule has 0 fully saturated rings. The minimum absolute atomic E-state index is 0.554. The van der Waals surface area contributed by atoms with Crippen LogP contribution in [0.1, 0.15) is 12.8 Å². The molecule has 0 bridgehead atoms. The average Bonchev–Trinajstić information content (AvgIpc) is 2.71. The molecule has 68 valence electrons. The highest BCUT2D eigenvalue weighted by Crippen LogP contribution is 2.21. The fraction of sp³-hybridized carbons (Fsp3) is 0.250. The molecule has 2 heterocycles. The van der Waals surface area contributed by atoms with E-state index in [1.807, 2.05) is 19.2 Å². The first kappa shape index (κ1) is 8.50. The van der Waals surface area contributed by atoms with Gasteiger partial charge in [0.25, 0.3) is 0 Å². The number of aromatic amines is 1. The highest BCUT2D eigenvalue weighted by Gasteiger charge is 2.07. The molecule has 2 rings (SSSR count). The van der Waals surface area contributed by atoms with E-state index in [2.05, 4.69) is 31.1 Å². The van der Waals surface area contributed by atoms with Crippen molar-refractivity contribution in [3.63, 3.8) is 0 Å². The van der Waals surface area contributed by atoms with E-state index in [4.69, 9.17) is 4.42 Å². The van der Waals surface area contributed by atoms with Gasteiger partial charge >= 0.3 is 0 Å². The van der Waals surface area contributed by atoms with E-state index in [1.165, 1.54) is 0 Å². The Morgan fingerprint density at radius 1 is 1.54 bits per heavy atom. The third kappa shape index (κ3) is 1.65. The first-order chi connectivity index (χ1) is 6.29. The van der Waals surface area contributed by atoms with Gasteiger partial charge in [0.05, 0.1) is 10.2 Å². The monoisotopic (exact) mass is 241 g/mol. The lowest BCUT2D eigenvalue weighted by Crippen LogP contribution is -1.76. The van der Waals surface area contributed by atoms with E-state index in [9.17, 15) is 0 Å². The summed E-state index contributed by atoms with van der Waals surface area (Å²) in [6.45, 7) is 1.98. The number of hydrogen-bond donors (Lipinski definition) is 1. The van der Waals surface area contributed by atoms with Crippen LogP contribution in [-0.2, 0) is 6.42 Å². The number of nitrogens with zero attached hydrogens (tertiary/aromatic N) is 2. The second kappa shape index (κ2) is 3.33. The molecule has 2 aromatic heterocycles. The van der Waals surface area contributed by atoms with Crippen LogP contribution in [-0.4, -0.2) is 15.2 Å². The van der Waals surface area contributed by atoms with Crippen molar-refractivity contribution in [1.82, 2.24) is 15.2 Å². The molecule has 5 heteroatoms. The Morgan fingerprint density at radius 2 is 2.38 bits per heavy atom. The summed E-state index contributed by atoms with van der Waals surface area (Å²) in [5.74, 6) is 1.21. The van der Waals surface area contributed by atoms with Crippen molar-refractivity contribution >= 4 is 15.9 Å². The molecular weight excluding hydrogens is 234 g/mol. The van der Waals surface area contributed by atoms with Crippen molar-refractivity contribution in [2.24, 2.45) is 0 Å². The van der Waals surface area contributed by atoms with E-state index >= 15 is 0 Å². The minimum atomic E-state index is 0.554. The molecule has 0 amide bonds. The minimum Gasteiger partial charge on any atom is -0.421 e. The van der Waals surface area contributed by atoms with Gasteiger partial charge in [0, 0.05) is 12.6 Å². The maximum atomic E-state index is 5.37. The molecule has 0 saturated carbocycles. The third-order valence-electron chi connectivity index (χ3n) is 1.66. The standard InChI is InChI=1S/C8H8BrN3O/c1-2-7-11-12-8(13-7)5-3-6(9)10-4-5/h3-4,10H,2H2,1H3. The highest BCUT2D eigenvalue weighted by molar-refractivity contribution is 9.10. The van der Waals surface area contributed by atoms with Gasteiger partial charge in [0.2, 0.25) is 11.8 Å². The molecule has 0 aromatic carbocycles. The maximum Gasteiger partial charge on any atom is 0.249 e. The average molecular weight is 242 g/mol. The molecule has 0 radical (unpaired) electrons. The van der Waals surface area contributed by atoms with Gasteiger partial charge < -0.3 is 9.40 Å². The van der Waals surface area contributed by atoms with Crippen molar-refractivity contribution in [3.05, 3.63) is 22.8 Å². The predicted octanol–water partition coefficient (Wildman–Crippen LogP) is 2.39. The smallest absolute Gasteiger partial charge is 0.249 e. The molecule has 0 aliphatic carbocycles. The summed E-state index contributed by atoms with van der Waals surface area (Å²) in [4.78, 5) is 2.98. The van der Waals surface area contributed by atoms with Crippen LogP contribution in [0.15, 0.2) is 21.3 Å². The number of rotatable bonds is 2. The summed E-state index contributed by atoms with van der Waals surface area (Å²) in [6, 6.07) is 1.90. The molecule has 1 N–H and O–H groups in total. The Labute approximate surface area is 83.5 Å². The number of aromatic nitrogens is 3. The Bertz CT molecular complexity index is 407. The maximum absolute atomic E-state index is 5.37. The lowest BCUT2D eigenvalue weighted by molar-refractivity contribution is 0.513. The number of H-pyrrole nitrogens is 1. The molecule has 2 aromatic rings. The van der Waals surface area contributed by atoms with Crippen molar-refractivity contribution in [2.45, 2.75) is 13.3 Å². The second-order valence-electron chi connectivity index (χ2n) is 2.59. The van der Waals surface area contributed by atoms with Gasteiger partial charge in [-0.25, -0.2) is 0 Å². The summed E-state index contributed by atoms with van der Waals surface area (Å²) in [6.07, 6.45) is 2.58. The largest absolute Gasteiger partial charge is 0.421 e. The van der Waals surface area contributed by atoms with Gasteiger partial charge in [0.15, 0.2) is 0 Å². The molecule has 0 aliphatic heterocycles. The molecule has 0 aliphatic rings. The van der Waals surface area contributed by atoms with Crippen LogP contribution >= 0.6 is 15.9 Å². The first-order valence-corrected chi connectivity index (χ1v) is 4.75. The van der Waals surface area contributed by atoms with E-state index < -0.39 is 0 Å². The van der Waals surface area contributed by atoms with Gasteiger partial charge in [-0.3, -0.25) is 0 Å². The van der Waals surface area contributed by atoms with Crippen LogP contribution in [0.2, 0.25) is 0 Å². The second-order valence-corrected chi connectivity index (χ2v) is 3.45. The van der Waals surface area contributed by atoms with Gasteiger partial charge in [-0.05, 0) is 22.0 Å². The van der Waals surface area contributed by atoms with E-state index in [-0.39, 0.29) is 0 Å². The van der Waals surface area contributed by atoms with Crippen LogP contribution in [0.3, 0.4) is 0 Å². The molecule has 0 atom stereocenters. The topological polar surface area (TPSA) is 54.7 Å². The van der Waals surface area contributed by atoms with Crippen LogP contribution in [0.4, 0.5) is 0 Å². The van der Waals surface area contributed by atoms with Gasteiger partial charge in [0.1, 0.15) is 0 Å². The van der Waals surface area contributed by atoms with E-state index in [0.29, 0.717) is 11.8 Å². The Morgan fingerprint density at radius 3 is 2.92 bits per heavy atom. The van der Waals surface area contributed by atoms with Gasteiger partial charge in [-0.2, -0.15) is 0 Å². The van der Waals surface area contributed by atoms with Crippen molar-refractivity contribution in [1.29, 1.82) is 0 Å². The summed E-state index contributed by atoms with van der Waals surface area (Å²) in [7, 11) is 0. The summed E-state index contributed by atoms with van der Waals surface area (Å²) >= 11 is 3.31. The Balaban J connectivity index is 2.35. The Hall–Kier alpha value is -1.10. The molecular formula is C8H8BrN3O. The lowest BCUT2D eigenvalue weighted by atomic mass is 10.3. The number of aryl methyl sites for hydroxylation is 1. The fourth-order valence-corrected chi connectivity index (χ4v) is 1.36. The van der Waals surface area contributed by atoms with Gasteiger partial charge in [-0.1, -0.05) is 6.92 Å². The zero-order valence-corrected chi connectivity index (χ0v) is 8.63. The normalized spacial score (nSPS) is 10.6. The van der Waals surface area contributed by atoms with Crippen LogP contribution < -0.4 is 0 Å². The molecule has 0 unspecified atom stereocenters. The molecule has 4 nitrogen and oxygen atoms in total. The third-order valence-corrected chi connectivity index (χ3v) is 2.12. The van der Waals surface area contributed by atoms with E-state index in [0.717, 1.165) is 16.6 Å². The summed E-state index contributed by atoms with van der Waals surface area (Å²) in [5, 5.41) is 7.79. The van der Waals surface area contributed by atoms with E-state index in [1.54, 1.807) is 0 Å². The SMILES string of the molecule is CCc1nnc(-c2c[nH]c(Br)c2)o1. The molecule has 0 saturated heterocycles. The van der Waals surface area contributed by atoms with Crippen LogP contribution in [0.5, 0.6) is 0 Å². The first-order valence-electron chi connectivity index (χ1n) is 3.96. The van der Waals surface area contributed by atoms with Gasteiger partial charge in [-0.15, -0.1) is 10.2 Å².